The Balaban J connectivity index is 1.73. The first-order chi connectivity index (χ1) is 15.2. The van der Waals surface area contributed by atoms with E-state index in [0.717, 1.165) is 11.5 Å². The van der Waals surface area contributed by atoms with Crippen LogP contribution >= 0.6 is 0 Å². The largest absolute Gasteiger partial charge is 0.456 e. The van der Waals surface area contributed by atoms with E-state index in [-0.39, 0.29) is 0 Å². The van der Waals surface area contributed by atoms with Crippen molar-refractivity contribution < 1.29 is 4.74 Å². The molecule has 7 rings (SSSR count). The topological polar surface area (TPSA) is 9.23 Å². The number of ether oxygens (including phenoxy) is 1. The third-order valence-corrected chi connectivity index (χ3v) is 6.85. The molecular formula is C30H20O. The first kappa shape index (κ1) is 16.9. The van der Waals surface area contributed by atoms with E-state index in [0.29, 0.717) is 0 Å². The van der Waals surface area contributed by atoms with Gasteiger partial charge in [0, 0.05) is 16.5 Å². The predicted octanol–water partition coefficient (Wildman–Crippen LogP) is 8.69. The van der Waals surface area contributed by atoms with Crippen molar-refractivity contribution in [3.63, 3.8) is 0 Å². The van der Waals surface area contributed by atoms with Gasteiger partial charge < -0.3 is 4.74 Å². The van der Waals surface area contributed by atoms with E-state index in [1.165, 1.54) is 65.3 Å². The molecule has 0 aromatic heterocycles. The molecular weight excluding hydrogens is 376 g/mol. The molecule has 0 radical (unpaired) electrons. The highest BCUT2D eigenvalue weighted by atomic mass is 16.5. The van der Waals surface area contributed by atoms with Gasteiger partial charge in [-0.05, 0) is 80.9 Å². The summed E-state index contributed by atoms with van der Waals surface area (Å²) in [7, 11) is 0. The molecule has 1 nitrogen and oxygen atoms in total. The molecule has 146 valence electrons. The maximum absolute atomic E-state index is 6.59. The van der Waals surface area contributed by atoms with Crippen LogP contribution in [-0.4, -0.2) is 0 Å². The van der Waals surface area contributed by atoms with Crippen LogP contribution in [0.4, 0.5) is 0 Å². The van der Waals surface area contributed by atoms with Crippen molar-refractivity contribution in [3.8, 4) is 22.6 Å². The van der Waals surface area contributed by atoms with Gasteiger partial charge >= 0.3 is 0 Å². The Bertz CT molecular complexity index is 1720. The van der Waals surface area contributed by atoms with Gasteiger partial charge in [0.05, 0.1) is 0 Å². The molecule has 0 bridgehead atoms. The Labute approximate surface area is 180 Å². The van der Waals surface area contributed by atoms with Crippen LogP contribution in [0, 0.1) is 13.8 Å². The lowest BCUT2D eigenvalue weighted by Gasteiger charge is -2.26. The van der Waals surface area contributed by atoms with Crippen molar-refractivity contribution in [1.29, 1.82) is 0 Å². The molecule has 0 unspecified atom stereocenters. The number of fused-ring (bicyclic) bond motifs is 8. The zero-order valence-electron chi connectivity index (χ0n) is 17.5. The molecule has 0 saturated carbocycles. The van der Waals surface area contributed by atoms with Gasteiger partial charge in [-0.3, -0.25) is 0 Å². The average molecular weight is 396 g/mol. The van der Waals surface area contributed by atoms with E-state index in [1.807, 2.05) is 0 Å². The highest BCUT2D eigenvalue weighted by Gasteiger charge is 2.26. The van der Waals surface area contributed by atoms with E-state index >= 15 is 0 Å². The van der Waals surface area contributed by atoms with Gasteiger partial charge in [0.25, 0.3) is 0 Å². The van der Waals surface area contributed by atoms with Crippen molar-refractivity contribution >= 4 is 43.1 Å². The summed E-state index contributed by atoms with van der Waals surface area (Å²) in [6.07, 6.45) is 0. The Hall–Kier alpha value is -3.84. The minimum atomic E-state index is 0.948. The zero-order chi connectivity index (χ0) is 20.7. The average Bonchev–Trinajstić information content (AvgIpc) is 2.80. The molecule has 0 fully saturated rings. The van der Waals surface area contributed by atoms with Gasteiger partial charge in [-0.15, -0.1) is 0 Å². The van der Waals surface area contributed by atoms with E-state index in [4.69, 9.17) is 4.74 Å². The first-order valence-corrected chi connectivity index (χ1v) is 10.8. The Morgan fingerprint density at radius 1 is 0.484 bits per heavy atom. The van der Waals surface area contributed by atoms with Gasteiger partial charge in [-0.1, -0.05) is 66.7 Å². The molecule has 0 aliphatic carbocycles. The number of benzene rings is 6. The normalized spacial score (nSPS) is 12.5. The maximum atomic E-state index is 6.59. The van der Waals surface area contributed by atoms with Crippen molar-refractivity contribution in [3.05, 3.63) is 96.1 Å². The fraction of sp³-hybridized carbons (Fsp3) is 0.0667. The lowest BCUT2D eigenvalue weighted by atomic mass is 9.84. The van der Waals surface area contributed by atoms with Crippen LogP contribution in [-0.2, 0) is 0 Å². The smallest absolute Gasteiger partial charge is 0.136 e. The van der Waals surface area contributed by atoms with Gasteiger partial charge in [0.15, 0.2) is 0 Å². The van der Waals surface area contributed by atoms with Crippen molar-refractivity contribution in [2.75, 3.05) is 0 Å². The van der Waals surface area contributed by atoms with Gasteiger partial charge in [-0.25, -0.2) is 0 Å². The first-order valence-electron chi connectivity index (χ1n) is 10.8. The molecule has 0 spiro atoms. The number of aryl methyl sites for hydroxylation is 2. The molecule has 0 N–H and O–H groups in total. The second-order valence-corrected chi connectivity index (χ2v) is 8.65. The van der Waals surface area contributed by atoms with E-state index in [2.05, 4.69) is 98.8 Å². The summed E-state index contributed by atoms with van der Waals surface area (Å²) in [5, 5.41) is 10.1. The summed E-state index contributed by atoms with van der Waals surface area (Å²) in [5.74, 6) is 1.90. The molecule has 0 atom stereocenters. The summed E-state index contributed by atoms with van der Waals surface area (Å²) in [6, 6.07) is 30.7. The molecule has 1 heterocycles. The van der Waals surface area contributed by atoms with E-state index in [1.54, 1.807) is 0 Å². The van der Waals surface area contributed by atoms with Crippen LogP contribution in [0.5, 0.6) is 11.5 Å². The Morgan fingerprint density at radius 3 is 1.90 bits per heavy atom. The second-order valence-electron chi connectivity index (χ2n) is 8.65. The highest BCUT2D eigenvalue weighted by Crippen LogP contribution is 2.53. The summed E-state index contributed by atoms with van der Waals surface area (Å²) in [4.78, 5) is 0. The van der Waals surface area contributed by atoms with Crippen LogP contribution in [0.3, 0.4) is 0 Å². The number of rotatable bonds is 0. The molecule has 1 heteroatoms. The minimum Gasteiger partial charge on any atom is -0.456 e. The summed E-state index contributed by atoms with van der Waals surface area (Å²) < 4.78 is 6.59. The lowest BCUT2D eigenvalue weighted by Crippen LogP contribution is -2.01. The molecule has 1 aliphatic rings. The highest BCUT2D eigenvalue weighted by molar-refractivity contribution is 6.22. The maximum Gasteiger partial charge on any atom is 0.136 e. The third kappa shape index (κ3) is 2.16. The molecule has 0 saturated heterocycles. The number of hydrogen-bond donors (Lipinski definition) is 0. The van der Waals surface area contributed by atoms with Crippen molar-refractivity contribution in [2.45, 2.75) is 13.8 Å². The van der Waals surface area contributed by atoms with Gasteiger partial charge in [0.2, 0.25) is 0 Å². The molecule has 1 aliphatic heterocycles. The van der Waals surface area contributed by atoms with Crippen LogP contribution in [0.25, 0.3) is 54.2 Å². The second kappa shape index (κ2) is 5.86. The van der Waals surface area contributed by atoms with Crippen LogP contribution < -0.4 is 4.74 Å². The van der Waals surface area contributed by atoms with Gasteiger partial charge in [-0.2, -0.15) is 0 Å². The van der Waals surface area contributed by atoms with Crippen molar-refractivity contribution in [1.82, 2.24) is 0 Å². The van der Waals surface area contributed by atoms with E-state index in [9.17, 15) is 0 Å². The van der Waals surface area contributed by atoms with E-state index < -0.39 is 0 Å². The minimum absolute atomic E-state index is 0.948. The standard InChI is InChI=1S/C30H20O/c1-17-11-12-24-22-10-6-4-8-20(22)16-26-29(24)28(17)30-25(31-26)14-13-23-21-9-5-3-7-19(21)15-18(2)27(23)30/h3-16H,1-2H3. The quantitative estimate of drug-likeness (QED) is 0.233. The van der Waals surface area contributed by atoms with Gasteiger partial charge in [0.1, 0.15) is 11.5 Å². The fourth-order valence-corrected chi connectivity index (χ4v) is 5.51. The SMILES string of the molecule is Cc1ccc2c3c(cc4ccccc42)Oc2ccc4c(c(C)cc5ccccc54)c2-c13. The fourth-order valence-electron chi connectivity index (χ4n) is 5.51. The summed E-state index contributed by atoms with van der Waals surface area (Å²) in [6.45, 7) is 4.44. The lowest BCUT2D eigenvalue weighted by molar-refractivity contribution is 0.488. The predicted molar refractivity (Wildman–Crippen MR) is 131 cm³/mol. The third-order valence-electron chi connectivity index (χ3n) is 6.85. The molecule has 6 aromatic rings. The Morgan fingerprint density at radius 2 is 1.13 bits per heavy atom. The summed E-state index contributed by atoms with van der Waals surface area (Å²) in [5.41, 5.74) is 5.11. The molecule has 31 heavy (non-hydrogen) atoms. The van der Waals surface area contributed by atoms with Crippen LogP contribution in [0.15, 0.2) is 84.9 Å². The van der Waals surface area contributed by atoms with Crippen LogP contribution in [0.2, 0.25) is 0 Å². The van der Waals surface area contributed by atoms with Crippen LogP contribution in [0.1, 0.15) is 11.1 Å². The Kier molecular flexibility index (Phi) is 3.20. The number of hydrogen-bond acceptors (Lipinski definition) is 1. The van der Waals surface area contributed by atoms with Crippen molar-refractivity contribution in [2.24, 2.45) is 0 Å². The zero-order valence-corrected chi connectivity index (χ0v) is 17.5. The molecule has 6 aromatic carbocycles. The molecule has 0 amide bonds. The monoisotopic (exact) mass is 396 g/mol. The summed E-state index contributed by atoms with van der Waals surface area (Å²) >= 11 is 0.